The van der Waals surface area contributed by atoms with Crippen LogP contribution < -0.4 is 5.73 Å². The zero-order chi connectivity index (χ0) is 10.2. The first kappa shape index (κ1) is 10.8. The summed E-state index contributed by atoms with van der Waals surface area (Å²) in [5, 5.41) is 45.3. The number of nitrogens with two attached hydrogens (primary N) is 1. The Kier molecular flexibility index (Phi) is 2.88. The quantitative estimate of drug-likeness (QED) is 0.235. The van der Waals surface area contributed by atoms with E-state index in [1.165, 1.54) is 0 Å². The molecule has 0 aromatic rings. The van der Waals surface area contributed by atoms with Crippen LogP contribution in [0.3, 0.4) is 0 Å². The van der Waals surface area contributed by atoms with Crippen LogP contribution in [0.5, 0.6) is 0 Å². The molecule has 1 fully saturated rings. The van der Waals surface area contributed by atoms with Crippen molar-refractivity contribution < 1.29 is 30.3 Å². The highest BCUT2D eigenvalue weighted by atomic mass is 16.6. The first-order chi connectivity index (χ1) is 5.91. The van der Waals surface area contributed by atoms with Gasteiger partial charge in [-0.15, -0.1) is 0 Å². The molecule has 0 amide bonds. The lowest BCUT2D eigenvalue weighted by atomic mass is 9.93. The van der Waals surface area contributed by atoms with Crippen molar-refractivity contribution in [3.8, 4) is 0 Å². The first-order valence-corrected chi connectivity index (χ1v) is 3.73. The van der Waals surface area contributed by atoms with Crippen LogP contribution in [0, 0.1) is 0 Å². The molecule has 1 saturated heterocycles. The second-order valence-electron chi connectivity index (χ2n) is 3.02. The summed E-state index contributed by atoms with van der Waals surface area (Å²) in [6, 6.07) is 0. The third-order valence-electron chi connectivity index (χ3n) is 2.07. The molecule has 1 heterocycles. The molecular weight excluding hydrogens is 182 g/mol. The fourth-order valence-corrected chi connectivity index (χ4v) is 1.17. The lowest BCUT2D eigenvalue weighted by Gasteiger charge is -2.44. The van der Waals surface area contributed by atoms with Crippen molar-refractivity contribution in [2.45, 2.75) is 30.3 Å². The number of aliphatic hydroxyl groups excluding tert-OH is 4. The van der Waals surface area contributed by atoms with Crippen LogP contribution in [0.2, 0.25) is 0 Å². The Bertz CT molecular complexity index is 182. The van der Waals surface area contributed by atoms with Crippen molar-refractivity contribution in [1.29, 1.82) is 0 Å². The standard InChI is InChI=1S/C6H13NO6/c7-6(12)2(1-8)13-5(11)3(9)4(6)10/h2-5,8-12H,1,7H2/t2-,3-,4-,5+,6+/m1/s1. The van der Waals surface area contributed by atoms with Crippen molar-refractivity contribution >= 4 is 0 Å². The summed E-state index contributed by atoms with van der Waals surface area (Å²) < 4.78 is 4.55. The Hall–Kier alpha value is -0.280. The van der Waals surface area contributed by atoms with Crippen molar-refractivity contribution in [1.82, 2.24) is 0 Å². The maximum Gasteiger partial charge on any atom is 0.184 e. The van der Waals surface area contributed by atoms with Gasteiger partial charge in [0.2, 0.25) is 0 Å². The third-order valence-corrected chi connectivity index (χ3v) is 2.07. The fraction of sp³-hybridized carbons (Fsp3) is 1.00. The zero-order valence-electron chi connectivity index (χ0n) is 6.74. The molecule has 7 N–H and O–H groups in total. The summed E-state index contributed by atoms with van der Waals surface area (Å²) in [5.41, 5.74) is 2.91. The predicted molar refractivity (Wildman–Crippen MR) is 39.1 cm³/mol. The molecule has 0 unspecified atom stereocenters. The summed E-state index contributed by atoms with van der Waals surface area (Å²) in [4.78, 5) is 0. The maximum atomic E-state index is 9.36. The van der Waals surface area contributed by atoms with Crippen molar-refractivity contribution in [3.05, 3.63) is 0 Å². The van der Waals surface area contributed by atoms with E-state index in [1.807, 2.05) is 0 Å². The summed E-state index contributed by atoms with van der Waals surface area (Å²) in [6.45, 7) is -0.673. The van der Waals surface area contributed by atoms with E-state index in [4.69, 9.17) is 21.1 Å². The molecule has 5 atom stereocenters. The molecule has 1 aliphatic heterocycles. The van der Waals surface area contributed by atoms with E-state index in [9.17, 15) is 10.2 Å². The van der Waals surface area contributed by atoms with E-state index in [1.54, 1.807) is 0 Å². The van der Waals surface area contributed by atoms with Crippen molar-refractivity contribution in [2.24, 2.45) is 5.73 Å². The van der Waals surface area contributed by atoms with Crippen LogP contribution in [-0.2, 0) is 4.74 Å². The van der Waals surface area contributed by atoms with Crippen LogP contribution >= 0.6 is 0 Å². The van der Waals surface area contributed by atoms with E-state index >= 15 is 0 Å². The monoisotopic (exact) mass is 195 g/mol. The molecule has 13 heavy (non-hydrogen) atoms. The lowest BCUT2D eigenvalue weighted by Crippen LogP contribution is -2.71. The van der Waals surface area contributed by atoms with Gasteiger partial charge >= 0.3 is 0 Å². The molecule has 7 nitrogen and oxygen atoms in total. The predicted octanol–water partition coefficient (Wildman–Crippen LogP) is -3.93. The summed E-state index contributed by atoms with van der Waals surface area (Å²) in [6.07, 6.45) is -6.47. The minimum absolute atomic E-state index is 0.673. The Balaban J connectivity index is 2.82. The van der Waals surface area contributed by atoms with Gasteiger partial charge in [-0.25, -0.2) is 0 Å². The molecule has 0 aliphatic carbocycles. The highest BCUT2D eigenvalue weighted by Gasteiger charge is 2.51. The molecule has 0 bridgehead atoms. The average molecular weight is 195 g/mol. The zero-order valence-corrected chi connectivity index (χ0v) is 6.74. The van der Waals surface area contributed by atoms with E-state index < -0.39 is 36.9 Å². The van der Waals surface area contributed by atoms with Crippen LogP contribution in [0.1, 0.15) is 0 Å². The van der Waals surface area contributed by atoms with E-state index in [0.29, 0.717) is 0 Å². The molecule has 0 radical (unpaired) electrons. The van der Waals surface area contributed by atoms with Crippen LogP contribution in [-0.4, -0.2) is 62.5 Å². The van der Waals surface area contributed by atoms with Gasteiger partial charge in [-0.1, -0.05) is 0 Å². The number of ether oxygens (including phenoxy) is 1. The molecular formula is C6H13NO6. The molecule has 1 rings (SSSR count). The van der Waals surface area contributed by atoms with Gasteiger partial charge in [-0.2, -0.15) is 0 Å². The van der Waals surface area contributed by atoms with Gasteiger partial charge in [0, 0.05) is 0 Å². The summed E-state index contributed by atoms with van der Waals surface area (Å²) in [5.74, 6) is 0. The van der Waals surface area contributed by atoms with Gasteiger partial charge in [-0.05, 0) is 0 Å². The summed E-state index contributed by atoms with van der Waals surface area (Å²) in [7, 11) is 0. The topological polar surface area (TPSA) is 136 Å². The molecule has 0 saturated carbocycles. The van der Waals surface area contributed by atoms with Gasteiger partial charge in [-0.3, -0.25) is 5.73 Å². The highest BCUT2D eigenvalue weighted by Crippen LogP contribution is 2.24. The first-order valence-electron chi connectivity index (χ1n) is 3.73. The van der Waals surface area contributed by atoms with Gasteiger partial charge < -0.3 is 30.3 Å². The Morgan fingerprint density at radius 2 is 1.85 bits per heavy atom. The molecule has 0 spiro atoms. The van der Waals surface area contributed by atoms with Gasteiger partial charge in [0.1, 0.15) is 18.3 Å². The van der Waals surface area contributed by atoms with E-state index in [0.717, 1.165) is 0 Å². The minimum atomic E-state index is -2.27. The van der Waals surface area contributed by atoms with Crippen LogP contribution in [0.4, 0.5) is 0 Å². The van der Waals surface area contributed by atoms with E-state index in [2.05, 4.69) is 4.74 Å². The normalized spacial score (nSPS) is 52.2. The third kappa shape index (κ3) is 1.67. The van der Waals surface area contributed by atoms with Gasteiger partial charge in [0.15, 0.2) is 12.0 Å². The number of hydrogen-bond acceptors (Lipinski definition) is 7. The molecule has 1 aliphatic rings. The summed E-state index contributed by atoms with van der Waals surface area (Å²) >= 11 is 0. The molecule has 78 valence electrons. The Morgan fingerprint density at radius 3 is 2.31 bits per heavy atom. The SMILES string of the molecule is N[C@@]1(O)[C@H](O)[C@@H](O)[C@@H](O)O[C@@H]1CO. The van der Waals surface area contributed by atoms with Gasteiger partial charge in [0.05, 0.1) is 6.61 Å². The van der Waals surface area contributed by atoms with Crippen molar-refractivity contribution in [3.63, 3.8) is 0 Å². The average Bonchev–Trinajstić information content (AvgIpc) is 2.08. The fourth-order valence-electron chi connectivity index (χ4n) is 1.17. The number of rotatable bonds is 1. The van der Waals surface area contributed by atoms with Crippen LogP contribution in [0.15, 0.2) is 0 Å². The Labute approximate surface area is 74.0 Å². The lowest BCUT2D eigenvalue weighted by molar-refractivity contribution is -0.319. The smallest absolute Gasteiger partial charge is 0.184 e. The highest BCUT2D eigenvalue weighted by molar-refractivity contribution is 4.97. The Morgan fingerprint density at radius 1 is 1.31 bits per heavy atom. The largest absolute Gasteiger partial charge is 0.393 e. The second kappa shape index (κ2) is 3.46. The number of aliphatic hydroxyl groups is 5. The number of hydrogen-bond donors (Lipinski definition) is 6. The minimum Gasteiger partial charge on any atom is -0.393 e. The molecule has 0 aromatic heterocycles. The molecule has 7 heteroatoms. The second-order valence-corrected chi connectivity index (χ2v) is 3.02. The van der Waals surface area contributed by atoms with Crippen LogP contribution in [0.25, 0.3) is 0 Å². The molecule has 0 aromatic carbocycles. The maximum absolute atomic E-state index is 9.36. The van der Waals surface area contributed by atoms with E-state index in [-0.39, 0.29) is 0 Å². The van der Waals surface area contributed by atoms with Crippen molar-refractivity contribution in [2.75, 3.05) is 6.61 Å². The van der Waals surface area contributed by atoms with Gasteiger partial charge in [0.25, 0.3) is 0 Å².